The third-order valence-corrected chi connectivity index (χ3v) is 4.97. The molecular weight excluding hydrogens is 397 g/mol. The number of alkyl halides is 3. The molecule has 1 aliphatic heterocycles. The highest BCUT2D eigenvalue weighted by Gasteiger charge is 2.36. The second kappa shape index (κ2) is 8.27. The van der Waals surface area contributed by atoms with Crippen LogP contribution in [0.15, 0.2) is 59.0 Å². The van der Waals surface area contributed by atoms with E-state index >= 15 is 0 Å². The monoisotopic (exact) mass is 416 g/mol. The molecule has 0 radical (unpaired) electrons. The quantitative estimate of drug-likeness (QED) is 0.649. The van der Waals surface area contributed by atoms with Crippen LogP contribution in [0.4, 0.5) is 13.2 Å². The molecule has 1 aromatic heterocycles. The molecule has 156 valence electrons. The SMILES string of the molecule is O=C(c1ccccc1C(F)(F)F)N1CCN(Cc2nnc(-c3ccccc3)o2)CC1. The highest BCUT2D eigenvalue weighted by Crippen LogP contribution is 2.32. The highest BCUT2D eigenvalue weighted by molar-refractivity contribution is 5.96. The predicted molar refractivity (Wildman–Crippen MR) is 102 cm³/mol. The molecule has 0 atom stereocenters. The second-order valence-corrected chi connectivity index (χ2v) is 6.98. The van der Waals surface area contributed by atoms with Crippen LogP contribution in [0.3, 0.4) is 0 Å². The number of carbonyl (C=O) groups is 1. The molecule has 0 aliphatic carbocycles. The van der Waals surface area contributed by atoms with E-state index in [9.17, 15) is 18.0 Å². The Morgan fingerprint density at radius 2 is 1.60 bits per heavy atom. The summed E-state index contributed by atoms with van der Waals surface area (Å²) in [6.45, 7) is 2.07. The van der Waals surface area contributed by atoms with Crippen LogP contribution in [-0.4, -0.2) is 52.1 Å². The van der Waals surface area contributed by atoms with Crippen molar-refractivity contribution in [3.05, 3.63) is 71.6 Å². The summed E-state index contributed by atoms with van der Waals surface area (Å²) in [5.41, 5.74) is -0.394. The fraction of sp³-hybridized carbons (Fsp3) is 0.286. The van der Waals surface area contributed by atoms with Crippen LogP contribution in [0.2, 0.25) is 0 Å². The van der Waals surface area contributed by atoms with Crippen molar-refractivity contribution in [1.29, 1.82) is 0 Å². The van der Waals surface area contributed by atoms with Gasteiger partial charge in [0.15, 0.2) is 0 Å². The summed E-state index contributed by atoms with van der Waals surface area (Å²) in [5, 5.41) is 8.12. The van der Waals surface area contributed by atoms with Crippen LogP contribution in [-0.2, 0) is 12.7 Å². The van der Waals surface area contributed by atoms with Crippen molar-refractivity contribution in [2.45, 2.75) is 12.7 Å². The summed E-state index contributed by atoms with van der Waals surface area (Å²) in [6, 6.07) is 14.3. The zero-order valence-corrected chi connectivity index (χ0v) is 16.0. The number of halogens is 3. The van der Waals surface area contributed by atoms with Gasteiger partial charge in [0.05, 0.1) is 17.7 Å². The molecule has 2 aromatic carbocycles. The molecule has 4 rings (SSSR count). The highest BCUT2D eigenvalue weighted by atomic mass is 19.4. The van der Waals surface area contributed by atoms with E-state index in [2.05, 4.69) is 10.2 Å². The number of rotatable bonds is 4. The first-order chi connectivity index (χ1) is 14.4. The molecule has 9 heteroatoms. The molecule has 1 fully saturated rings. The minimum Gasteiger partial charge on any atom is -0.419 e. The van der Waals surface area contributed by atoms with Gasteiger partial charge in [0, 0.05) is 31.7 Å². The average molecular weight is 416 g/mol. The fourth-order valence-electron chi connectivity index (χ4n) is 3.40. The lowest BCUT2D eigenvalue weighted by molar-refractivity contribution is -0.138. The van der Waals surface area contributed by atoms with Crippen molar-refractivity contribution in [2.75, 3.05) is 26.2 Å². The standard InChI is InChI=1S/C21H19F3N4O2/c22-21(23,24)17-9-5-4-8-16(17)20(29)28-12-10-27(11-13-28)14-18-25-26-19(30-18)15-6-2-1-3-7-15/h1-9H,10-14H2. The topological polar surface area (TPSA) is 62.5 Å². The number of benzene rings is 2. The van der Waals surface area contributed by atoms with E-state index in [-0.39, 0.29) is 5.56 Å². The largest absolute Gasteiger partial charge is 0.419 e. The minimum absolute atomic E-state index is 0.317. The van der Waals surface area contributed by atoms with Crippen molar-refractivity contribution < 1.29 is 22.4 Å². The summed E-state index contributed by atoms with van der Waals surface area (Å²) in [4.78, 5) is 16.1. The maximum absolute atomic E-state index is 13.2. The maximum atomic E-state index is 13.2. The van der Waals surface area contributed by atoms with Gasteiger partial charge < -0.3 is 9.32 Å². The maximum Gasteiger partial charge on any atom is 0.417 e. The predicted octanol–water partition coefficient (Wildman–Crippen LogP) is 3.71. The average Bonchev–Trinajstić information content (AvgIpc) is 3.22. The molecule has 2 heterocycles. The lowest BCUT2D eigenvalue weighted by Gasteiger charge is -2.34. The van der Waals surface area contributed by atoms with Gasteiger partial charge in [-0.3, -0.25) is 9.69 Å². The number of carbonyl (C=O) groups excluding carboxylic acids is 1. The summed E-state index contributed by atoms with van der Waals surface area (Å²) < 4.78 is 45.3. The second-order valence-electron chi connectivity index (χ2n) is 6.98. The van der Waals surface area contributed by atoms with E-state index in [0.29, 0.717) is 44.5 Å². The molecular formula is C21H19F3N4O2. The van der Waals surface area contributed by atoms with Gasteiger partial charge >= 0.3 is 6.18 Å². The number of amides is 1. The molecule has 30 heavy (non-hydrogen) atoms. The molecule has 0 bridgehead atoms. The van der Waals surface area contributed by atoms with Crippen LogP contribution >= 0.6 is 0 Å². The molecule has 0 spiro atoms. The Balaban J connectivity index is 1.37. The van der Waals surface area contributed by atoms with Gasteiger partial charge in [0.25, 0.3) is 5.91 Å². The fourth-order valence-corrected chi connectivity index (χ4v) is 3.40. The number of hydrogen-bond acceptors (Lipinski definition) is 5. The van der Waals surface area contributed by atoms with Gasteiger partial charge in [-0.15, -0.1) is 10.2 Å². The first-order valence-corrected chi connectivity index (χ1v) is 9.47. The molecule has 1 saturated heterocycles. The molecule has 0 saturated carbocycles. The number of nitrogens with zero attached hydrogens (tertiary/aromatic N) is 4. The van der Waals surface area contributed by atoms with Crippen molar-refractivity contribution in [3.8, 4) is 11.5 Å². The van der Waals surface area contributed by atoms with E-state index in [1.54, 1.807) is 0 Å². The molecule has 1 amide bonds. The normalized spacial score (nSPS) is 15.4. The van der Waals surface area contributed by atoms with Crippen LogP contribution in [0, 0.1) is 0 Å². The number of piperazine rings is 1. The van der Waals surface area contributed by atoms with E-state index in [0.717, 1.165) is 11.6 Å². The zero-order valence-electron chi connectivity index (χ0n) is 16.0. The Morgan fingerprint density at radius 1 is 0.933 bits per heavy atom. The summed E-state index contributed by atoms with van der Waals surface area (Å²) in [7, 11) is 0. The van der Waals surface area contributed by atoms with Crippen molar-refractivity contribution in [2.24, 2.45) is 0 Å². The first kappa shape index (κ1) is 20.1. The molecule has 3 aromatic rings. The molecule has 0 N–H and O–H groups in total. The zero-order chi connectivity index (χ0) is 21.1. The third-order valence-electron chi connectivity index (χ3n) is 4.97. The molecule has 1 aliphatic rings. The Kier molecular flexibility index (Phi) is 5.54. The van der Waals surface area contributed by atoms with Gasteiger partial charge in [0.1, 0.15) is 0 Å². The van der Waals surface area contributed by atoms with Crippen LogP contribution in [0.1, 0.15) is 21.8 Å². The van der Waals surface area contributed by atoms with Gasteiger partial charge in [-0.05, 0) is 24.3 Å². The van der Waals surface area contributed by atoms with Crippen LogP contribution in [0.25, 0.3) is 11.5 Å². The van der Waals surface area contributed by atoms with E-state index in [4.69, 9.17) is 4.42 Å². The van der Waals surface area contributed by atoms with E-state index < -0.39 is 17.6 Å². The van der Waals surface area contributed by atoms with E-state index in [1.807, 2.05) is 35.2 Å². The Labute approximate surface area is 170 Å². The van der Waals surface area contributed by atoms with E-state index in [1.165, 1.54) is 23.1 Å². The Morgan fingerprint density at radius 3 is 2.30 bits per heavy atom. The first-order valence-electron chi connectivity index (χ1n) is 9.47. The van der Waals surface area contributed by atoms with Crippen molar-refractivity contribution in [3.63, 3.8) is 0 Å². The van der Waals surface area contributed by atoms with Gasteiger partial charge in [-0.25, -0.2) is 0 Å². The summed E-state index contributed by atoms with van der Waals surface area (Å²) in [5.74, 6) is 0.283. The minimum atomic E-state index is -4.57. The van der Waals surface area contributed by atoms with Crippen LogP contribution in [0.5, 0.6) is 0 Å². The lowest BCUT2D eigenvalue weighted by atomic mass is 10.1. The smallest absolute Gasteiger partial charge is 0.417 e. The molecule has 6 nitrogen and oxygen atoms in total. The Bertz CT molecular complexity index is 1010. The number of aromatic nitrogens is 2. The summed E-state index contributed by atoms with van der Waals surface area (Å²) >= 11 is 0. The van der Waals surface area contributed by atoms with Crippen molar-refractivity contribution >= 4 is 5.91 Å². The van der Waals surface area contributed by atoms with Gasteiger partial charge in [-0.1, -0.05) is 30.3 Å². The molecule has 0 unspecified atom stereocenters. The summed E-state index contributed by atoms with van der Waals surface area (Å²) in [6.07, 6.45) is -4.57. The van der Waals surface area contributed by atoms with Gasteiger partial charge in [0.2, 0.25) is 11.8 Å². The lowest BCUT2D eigenvalue weighted by Crippen LogP contribution is -2.48. The van der Waals surface area contributed by atoms with Crippen molar-refractivity contribution in [1.82, 2.24) is 20.0 Å². The van der Waals surface area contributed by atoms with Gasteiger partial charge in [-0.2, -0.15) is 13.2 Å². The Hall–Kier alpha value is -3.20. The third kappa shape index (κ3) is 4.35. The van der Waals surface area contributed by atoms with Crippen LogP contribution < -0.4 is 0 Å². The number of hydrogen-bond donors (Lipinski definition) is 0.